The highest BCUT2D eigenvalue weighted by Gasteiger charge is 2.20. The van der Waals surface area contributed by atoms with Gasteiger partial charge in [0.15, 0.2) is 11.0 Å². The fourth-order valence-electron chi connectivity index (χ4n) is 3.31. The number of thioether (sulfide) groups is 1. The Morgan fingerprint density at radius 3 is 2.75 bits per heavy atom. The molecule has 1 aromatic carbocycles. The van der Waals surface area contributed by atoms with E-state index in [1.807, 2.05) is 35.8 Å². The SMILES string of the molecule is CCn1c(SC(C)C(=O)NCCC2=CCCCC2)nnc1-c1ccc(Cl)cc1. The van der Waals surface area contributed by atoms with E-state index in [1.54, 1.807) is 0 Å². The molecule has 1 aromatic heterocycles. The van der Waals surface area contributed by atoms with E-state index < -0.39 is 0 Å². The summed E-state index contributed by atoms with van der Waals surface area (Å²) in [7, 11) is 0. The molecule has 5 nitrogen and oxygen atoms in total. The van der Waals surface area contributed by atoms with Crippen molar-refractivity contribution in [2.75, 3.05) is 6.54 Å². The van der Waals surface area contributed by atoms with E-state index in [0.717, 1.165) is 29.5 Å². The summed E-state index contributed by atoms with van der Waals surface area (Å²) in [5.74, 6) is 0.832. The van der Waals surface area contributed by atoms with Crippen molar-refractivity contribution in [3.05, 3.63) is 40.9 Å². The van der Waals surface area contributed by atoms with Crippen molar-refractivity contribution in [1.82, 2.24) is 20.1 Å². The molecule has 1 atom stereocenters. The molecule has 150 valence electrons. The smallest absolute Gasteiger partial charge is 0.233 e. The summed E-state index contributed by atoms with van der Waals surface area (Å²) in [5, 5.41) is 12.9. The second kappa shape index (κ2) is 10.1. The summed E-state index contributed by atoms with van der Waals surface area (Å²) in [6.45, 7) is 5.40. The molecule has 0 aliphatic heterocycles. The van der Waals surface area contributed by atoms with Crippen LogP contribution in [0, 0.1) is 0 Å². The molecule has 1 unspecified atom stereocenters. The van der Waals surface area contributed by atoms with Crippen LogP contribution < -0.4 is 5.32 Å². The summed E-state index contributed by atoms with van der Waals surface area (Å²) in [6.07, 6.45) is 8.20. The van der Waals surface area contributed by atoms with Crippen molar-refractivity contribution in [2.45, 2.75) is 62.9 Å². The number of carbonyl (C=O) groups is 1. The Balaban J connectivity index is 1.58. The monoisotopic (exact) mass is 418 g/mol. The van der Waals surface area contributed by atoms with Gasteiger partial charge in [0.2, 0.25) is 5.91 Å². The zero-order valence-electron chi connectivity index (χ0n) is 16.4. The standard InChI is InChI=1S/C21H27ClN4OS/c1-3-26-19(17-9-11-18(22)12-10-17)24-25-21(26)28-15(2)20(27)23-14-13-16-7-5-4-6-8-16/h7,9-12,15H,3-6,8,13-14H2,1-2H3,(H,23,27). The Bertz CT molecular complexity index is 831. The van der Waals surface area contributed by atoms with Crippen LogP contribution >= 0.6 is 23.4 Å². The van der Waals surface area contributed by atoms with Gasteiger partial charge < -0.3 is 9.88 Å². The highest BCUT2D eigenvalue weighted by atomic mass is 35.5. The molecule has 2 aromatic rings. The minimum atomic E-state index is -0.229. The molecule has 0 saturated carbocycles. The second-order valence-corrected chi connectivity index (χ2v) is 8.71. The predicted octanol–water partition coefficient (Wildman–Crippen LogP) is 5.11. The normalized spacial score (nSPS) is 15.2. The van der Waals surface area contributed by atoms with Crippen LogP contribution in [0.1, 0.15) is 46.0 Å². The van der Waals surface area contributed by atoms with Crippen molar-refractivity contribution >= 4 is 29.3 Å². The predicted molar refractivity (Wildman–Crippen MR) is 116 cm³/mol. The maximum absolute atomic E-state index is 12.5. The zero-order chi connectivity index (χ0) is 19.9. The number of rotatable bonds is 8. The van der Waals surface area contributed by atoms with E-state index in [1.165, 1.54) is 43.0 Å². The molecule has 1 heterocycles. The van der Waals surface area contributed by atoms with Gasteiger partial charge in [0.25, 0.3) is 0 Å². The summed E-state index contributed by atoms with van der Waals surface area (Å²) >= 11 is 7.42. The van der Waals surface area contributed by atoms with Crippen molar-refractivity contribution in [3.8, 4) is 11.4 Å². The Morgan fingerprint density at radius 2 is 2.07 bits per heavy atom. The van der Waals surface area contributed by atoms with Gasteiger partial charge in [-0.1, -0.05) is 35.0 Å². The summed E-state index contributed by atoms with van der Waals surface area (Å²) in [6, 6.07) is 7.55. The van der Waals surface area contributed by atoms with Crippen molar-refractivity contribution in [1.29, 1.82) is 0 Å². The van der Waals surface area contributed by atoms with Gasteiger partial charge in [-0.25, -0.2) is 0 Å². The van der Waals surface area contributed by atoms with Crippen LogP contribution in [0.5, 0.6) is 0 Å². The zero-order valence-corrected chi connectivity index (χ0v) is 18.0. The third-order valence-corrected chi connectivity index (χ3v) is 6.25. The number of nitrogens with zero attached hydrogens (tertiary/aromatic N) is 3. The van der Waals surface area contributed by atoms with Crippen LogP contribution in [0.3, 0.4) is 0 Å². The molecular weight excluding hydrogens is 392 g/mol. The van der Waals surface area contributed by atoms with Gasteiger partial charge >= 0.3 is 0 Å². The molecule has 3 rings (SSSR count). The molecule has 0 spiro atoms. The van der Waals surface area contributed by atoms with Crippen molar-refractivity contribution < 1.29 is 4.79 Å². The lowest BCUT2D eigenvalue weighted by atomic mass is 9.97. The number of halogens is 1. The van der Waals surface area contributed by atoms with Crippen LogP contribution in [0.15, 0.2) is 41.1 Å². The van der Waals surface area contributed by atoms with Crippen LogP contribution in [-0.4, -0.2) is 32.5 Å². The maximum atomic E-state index is 12.5. The first-order chi connectivity index (χ1) is 13.6. The number of allylic oxidation sites excluding steroid dienone is 1. The third-order valence-electron chi connectivity index (χ3n) is 4.92. The Hall–Kier alpha value is -1.79. The average Bonchev–Trinajstić information content (AvgIpc) is 3.11. The van der Waals surface area contributed by atoms with Gasteiger partial charge in [-0.15, -0.1) is 10.2 Å². The molecule has 0 radical (unpaired) electrons. The van der Waals surface area contributed by atoms with Crippen molar-refractivity contribution in [2.24, 2.45) is 0 Å². The van der Waals surface area contributed by atoms with E-state index in [2.05, 4.69) is 28.5 Å². The van der Waals surface area contributed by atoms with E-state index in [0.29, 0.717) is 11.6 Å². The Kier molecular flexibility index (Phi) is 7.57. The van der Waals surface area contributed by atoms with Crippen LogP contribution in [0.25, 0.3) is 11.4 Å². The highest BCUT2D eigenvalue weighted by molar-refractivity contribution is 8.00. The summed E-state index contributed by atoms with van der Waals surface area (Å²) in [5.41, 5.74) is 2.44. The molecule has 0 fully saturated rings. The molecule has 0 saturated heterocycles. The van der Waals surface area contributed by atoms with Crippen LogP contribution in [-0.2, 0) is 11.3 Å². The fraction of sp³-hybridized carbons (Fsp3) is 0.476. The summed E-state index contributed by atoms with van der Waals surface area (Å²) < 4.78 is 2.03. The molecule has 1 aliphatic carbocycles. The number of benzene rings is 1. The van der Waals surface area contributed by atoms with E-state index in [4.69, 9.17) is 11.6 Å². The molecule has 28 heavy (non-hydrogen) atoms. The molecule has 1 N–H and O–H groups in total. The molecule has 0 bridgehead atoms. The molecular formula is C21H27ClN4OS. The van der Waals surface area contributed by atoms with Gasteiger partial charge in [-0.3, -0.25) is 4.79 Å². The third kappa shape index (κ3) is 5.39. The molecule has 1 aliphatic rings. The van der Waals surface area contributed by atoms with Gasteiger partial charge in [0.1, 0.15) is 0 Å². The average molecular weight is 419 g/mol. The lowest BCUT2D eigenvalue weighted by Crippen LogP contribution is -2.32. The van der Waals surface area contributed by atoms with E-state index in [-0.39, 0.29) is 11.2 Å². The second-order valence-electron chi connectivity index (χ2n) is 6.97. The number of aromatic nitrogens is 3. The van der Waals surface area contributed by atoms with E-state index >= 15 is 0 Å². The van der Waals surface area contributed by atoms with Crippen LogP contribution in [0.2, 0.25) is 5.02 Å². The topological polar surface area (TPSA) is 59.8 Å². The number of hydrogen-bond donors (Lipinski definition) is 1. The van der Waals surface area contributed by atoms with Gasteiger partial charge in [0, 0.05) is 23.7 Å². The van der Waals surface area contributed by atoms with Gasteiger partial charge in [-0.05, 0) is 70.2 Å². The first-order valence-corrected chi connectivity index (χ1v) is 11.2. The quantitative estimate of drug-likeness (QED) is 0.478. The van der Waals surface area contributed by atoms with Gasteiger partial charge in [0.05, 0.1) is 5.25 Å². The molecule has 7 heteroatoms. The first-order valence-electron chi connectivity index (χ1n) is 9.90. The number of carbonyl (C=O) groups excluding carboxylic acids is 1. The number of hydrogen-bond acceptors (Lipinski definition) is 4. The van der Waals surface area contributed by atoms with Crippen LogP contribution in [0.4, 0.5) is 0 Å². The summed E-state index contributed by atoms with van der Waals surface area (Å²) in [4.78, 5) is 12.5. The Labute approximate surface area is 176 Å². The van der Waals surface area contributed by atoms with Crippen molar-refractivity contribution in [3.63, 3.8) is 0 Å². The minimum absolute atomic E-state index is 0.0418. The lowest BCUT2D eigenvalue weighted by Gasteiger charge is -2.15. The first kappa shape index (κ1) is 20.9. The number of nitrogens with one attached hydrogen (secondary N) is 1. The van der Waals surface area contributed by atoms with E-state index in [9.17, 15) is 4.79 Å². The molecule has 1 amide bonds. The highest BCUT2D eigenvalue weighted by Crippen LogP contribution is 2.27. The largest absolute Gasteiger partial charge is 0.355 e. The van der Waals surface area contributed by atoms with Gasteiger partial charge in [-0.2, -0.15) is 0 Å². The fourth-order valence-corrected chi connectivity index (χ4v) is 4.37. The lowest BCUT2D eigenvalue weighted by molar-refractivity contribution is -0.120. The Morgan fingerprint density at radius 1 is 1.29 bits per heavy atom. The minimum Gasteiger partial charge on any atom is -0.355 e. The number of amides is 1. The maximum Gasteiger partial charge on any atom is 0.233 e.